The van der Waals surface area contributed by atoms with E-state index < -0.39 is 16.1 Å². The molecular weight excluding hydrogens is 552 g/mol. The first-order valence-electron chi connectivity index (χ1n) is 14.4. The maximum Gasteiger partial charge on any atom is 0.317 e. The molecule has 10 nitrogen and oxygen atoms in total. The molecule has 4 rings (SSSR count). The SMILES string of the molecule is CCCCCCNC(=O)N1CCN(C(=O)[C@H](Cc2cccc(C(=N)N)c2)NS(=O)(=O)c2ccc3ccccc3c2)CC1. The fourth-order valence-electron chi connectivity index (χ4n) is 5.08. The maximum absolute atomic E-state index is 13.8. The minimum Gasteiger partial charge on any atom is -0.384 e. The highest BCUT2D eigenvalue weighted by molar-refractivity contribution is 7.89. The Balaban J connectivity index is 1.48. The van der Waals surface area contributed by atoms with Gasteiger partial charge in [0.25, 0.3) is 0 Å². The molecule has 3 aromatic rings. The van der Waals surface area contributed by atoms with Crippen molar-refractivity contribution in [1.82, 2.24) is 19.8 Å². The highest BCUT2D eigenvalue weighted by atomic mass is 32.2. The van der Waals surface area contributed by atoms with Crippen molar-refractivity contribution in [2.45, 2.75) is 50.0 Å². The van der Waals surface area contributed by atoms with Crippen molar-refractivity contribution in [2.75, 3.05) is 32.7 Å². The number of nitrogens with zero attached hydrogens (tertiary/aromatic N) is 2. The molecule has 3 aromatic carbocycles. The summed E-state index contributed by atoms with van der Waals surface area (Å²) in [7, 11) is -4.06. The van der Waals surface area contributed by atoms with Gasteiger partial charge in [-0.1, -0.05) is 74.7 Å². The lowest BCUT2D eigenvalue weighted by atomic mass is 10.0. The predicted octanol–water partition coefficient (Wildman–Crippen LogP) is 3.45. The molecule has 5 N–H and O–H groups in total. The number of carbonyl (C=O) groups is 2. The Morgan fingerprint density at radius 3 is 2.33 bits per heavy atom. The number of nitrogens with two attached hydrogens (primary N) is 1. The summed E-state index contributed by atoms with van der Waals surface area (Å²) in [5.41, 5.74) is 6.82. The third-order valence-corrected chi connectivity index (χ3v) is 8.96. The van der Waals surface area contributed by atoms with E-state index in [1.54, 1.807) is 46.2 Å². The molecule has 0 aliphatic carbocycles. The quantitative estimate of drug-likeness (QED) is 0.144. The normalized spacial score (nSPS) is 14.5. The van der Waals surface area contributed by atoms with Crippen LogP contribution in [-0.4, -0.2) is 74.8 Å². The summed E-state index contributed by atoms with van der Waals surface area (Å²) in [4.78, 5) is 29.8. The van der Waals surface area contributed by atoms with Crippen LogP contribution in [0.5, 0.6) is 0 Å². The third kappa shape index (κ3) is 8.07. The molecule has 0 saturated carbocycles. The lowest BCUT2D eigenvalue weighted by molar-refractivity contribution is -0.134. The minimum atomic E-state index is -4.06. The number of amides is 3. The number of nitrogens with one attached hydrogen (secondary N) is 3. The third-order valence-electron chi connectivity index (χ3n) is 7.49. The molecule has 1 saturated heterocycles. The zero-order valence-electron chi connectivity index (χ0n) is 24.0. The number of benzene rings is 3. The second-order valence-electron chi connectivity index (χ2n) is 10.6. The number of carbonyl (C=O) groups excluding carboxylic acids is 2. The first kappa shape index (κ1) is 31.0. The Morgan fingerprint density at radius 2 is 1.62 bits per heavy atom. The van der Waals surface area contributed by atoms with Crippen LogP contribution in [0.1, 0.15) is 43.7 Å². The zero-order chi connectivity index (χ0) is 30.1. The van der Waals surface area contributed by atoms with Gasteiger partial charge in [-0.15, -0.1) is 0 Å². The molecule has 0 radical (unpaired) electrons. The summed E-state index contributed by atoms with van der Waals surface area (Å²) in [6.45, 7) is 4.07. The van der Waals surface area contributed by atoms with Crippen molar-refractivity contribution >= 4 is 38.6 Å². The number of unbranched alkanes of at least 4 members (excludes halogenated alkanes) is 3. The minimum absolute atomic E-state index is 0.0666. The molecule has 0 bridgehead atoms. The molecule has 11 heteroatoms. The average Bonchev–Trinajstić information content (AvgIpc) is 3.00. The van der Waals surface area contributed by atoms with Gasteiger partial charge < -0.3 is 20.9 Å². The number of sulfonamides is 1. The lowest BCUT2D eigenvalue weighted by Crippen LogP contribution is -2.57. The van der Waals surface area contributed by atoms with Crippen LogP contribution in [0.25, 0.3) is 10.8 Å². The fourth-order valence-corrected chi connectivity index (χ4v) is 6.30. The molecule has 1 aliphatic rings. The average molecular weight is 593 g/mol. The van der Waals surface area contributed by atoms with E-state index >= 15 is 0 Å². The Morgan fingerprint density at radius 1 is 0.905 bits per heavy atom. The number of nitrogen functional groups attached to an aromatic ring is 1. The standard InChI is InChI=1S/C31H40N6O4S/c1-2-3-4-7-15-34-31(39)37-18-16-36(17-19-37)30(38)28(21-23-9-8-12-26(20-23)29(32)33)35-42(40,41)27-14-13-24-10-5-6-11-25(24)22-27/h5-6,8-14,20,22,28,35H,2-4,7,15-19,21H2,1H3,(H3,32,33)(H,34,39)/t28-/m0/s1. The van der Waals surface area contributed by atoms with E-state index in [9.17, 15) is 18.0 Å². The molecule has 0 aromatic heterocycles. The monoisotopic (exact) mass is 592 g/mol. The second kappa shape index (κ2) is 14.3. The van der Waals surface area contributed by atoms with E-state index in [-0.39, 0.29) is 29.1 Å². The van der Waals surface area contributed by atoms with Crippen molar-refractivity contribution < 1.29 is 18.0 Å². The van der Waals surface area contributed by atoms with Crippen molar-refractivity contribution in [3.05, 3.63) is 77.9 Å². The Labute approximate surface area is 247 Å². The van der Waals surface area contributed by atoms with Gasteiger partial charge in [0.1, 0.15) is 11.9 Å². The smallest absolute Gasteiger partial charge is 0.317 e. The number of piperazine rings is 1. The highest BCUT2D eigenvalue weighted by Crippen LogP contribution is 2.20. The van der Waals surface area contributed by atoms with E-state index in [1.165, 1.54) is 6.07 Å². The summed E-state index contributed by atoms with van der Waals surface area (Å²) in [6.07, 6.45) is 4.35. The number of hydrogen-bond acceptors (Lipinski definition) is 5. The fraction of sp³-hybridized carbons (Fsp3) is 0.387. The molecule has 1 atom stereocenters. The zero-order valence-corrected chi connectivity index (χ0v) is 24.8. The predicted molar refractivity (Wildman–Crippen MR) is 165 cm³/mol. The van der Waals surface area contributed by atoms with E-state index in [0.717, 1.165) is 36.5 Å². The Hall–Kier alpha value is -3.96. The number of urea groups is 1. The van der Waals surface area contributed by atoms with Crippen LogP contribution in [-0.2, 0) is 21.2 Å². The summed E-state index contributed by atoms with van der Waals surface area (Å²) >= 11 is 0. The van der Waals surface area contributed by atoms with Crippen LogP contribution in [0.3, 0.4) is 0 Å². The molecule has 1 fully saturated rings. The first-order chi connectivity index (χ1) is 20.2. The second-order valence-corrected chi connectivity index (χ2v) is 12.3. The topological polar surface area (TPSA) is 149 Å². The largest absolute Gasteiger partial charge is 0.384 e. The van der Waals surface area contributed by atoms with Crippen LogP contribution in [0, 0.1) is 5.41 Å². The van der Waals surface area contributed by atoms with Crippen LogP contribution in [0.4, 0.5) is 4.79 Å². The van der Waals surface area contributed by atoms with Gasteiger partial charge in [-0.05, 0) is 47.4 Å². The highest BCUT2D eigenvalue weighted by Gasteiger charge is 2.32. The number of rotatable bonds is 12. The van der Waals surface area contributed by atoms with Crippen molar-refractivity contribution in [3.8, 4) is 0 Å². The van der Waals surface area contributed by atoms with Gasteiger partial charge in [0.2, 0.25) is 15.9 Å². The molecule has 1 aliphatic heterocycles. The molecule has 3 amide bonds. The van der Waals surface area contributed by atoms with Gasteiger partial charge in [-0.25, -0.2) is 13.2 Å². The first-order valence-corrected chi connectivity index (χ1v) is 15.9. The van der Waals surface area contributed by atoms with E-state index in [0.29, 0.717) is 43.9 Å². The van der Waals surface area contributed by atoms with Crippen LogP contribution in [0.15, 0.2) is 71.6 Å². The molecule has 42 heavy (non-hydrogen) atoms. The molecule has 224 valence electrons. The van der Waals surface area contributed by atoms with E-state index in [4.69, 9.17) is 11.1 Å². The van der Waals surface area contributed by atoms with E-state index in [2.05, 4.69) is 17.0 Å². The van der Waals surface area contributed by atoms with Crippen molar-refractivity contribution in [1.29, 1.82) is 5.41 Å². The number of fused-ring (bicyclic) bond motifs is 1. The van der Waals surface area contributed by atoms with Gasteiger partial charge in [-0.2, -0.15) is 4.72 Å². The van der Waals surface area contributed by atoms with E-state index in [1.807, 2.05) is 24.3 Å². The number of hydrogen-bond donors (Lipinski definition) is 4. The van der Waals surface area contributed by atoms with Gasteiger partial charge in [0.15, 0.2) is 0 Å². The van der Waals surface area contributed by atoms with Crippen LogP contribution < -0.4 is 15.8 Å². The molecular formula is C31H40N6O4S. The van der Waals surface area contributed by atoms with Gasteiger partial charge in [0.05, 0.1) is 4.90 Å². The molecule has 0 unspecified atom stereocenters. The van der Waals surface area contributed by atoms with Gasteiger partial charge >= 0.3 is 6.03 Å². The van der Waals surface area contributed by atoms with Crippen molar-refractivity contribution in [2.24, 2.45) is 5.73 Å². The van der Waals surface area contributed by atoms with Gasteiger partial charge in [0, 0.05) is 38.3 Å². The Kier molecular flexibility index (Phi) is 10.5. The van der Waals surface area contributed by atoms with Gasteiger partial charge in [-0.3, -0.25) is 10.2 Å². The lowest BCUT2D eigenvalue weighted by Gasteiger charge is -2.36. The summed E-state index contributed by atoms with van der Waals surface area (Å²) < 4.78 is 29.7. The summed E-state index contributed by atoms with van der Waals surface area (Å²) in [6, 6.07) is 18.0. The summed E-state index contributed by atoms with van der Waals surface area (Å²) in [5, 5.41) is 12.4. The van der Waals surface area contributed by atoms with Crippen LogP contribution in [0.2, 0.25) is 0 Å². The molecule has 0 spiro atoms. The summed E-state index contributed by atoms with van der Waals surface area (Å²) in [5.74, 6) is -0.483. The maximum atomic E-state index is 13.8. The number of amidine groups is 1. The Bertz CT molecular complexity index is 1520. The molecule has 1 heterocycles. The van der Waals surface area contributed by atoms with Crippen LogP contribution >= 0.6 is 0 Å². The van der Waals surface area contributed by atoms with Crippen molar-refractivity contribution in [3.63, 3.8) is 0 Å².